The quantitative estimate of drug-likeness (QED) is 0.342. The van der Waals surface area contributed by atoms with E-state index in [1.165, 1.54) is 38.8 Å². The number of hydrogen-bond donors (Lipinski definition) is 2. The number of likely N-dealkylation sites (tertiary alicyclic amines) is 1. The maximum atomic E-state index is 12.0. The summed E-state index contributed by atoms with van der Waals surface area (Å²) >= 11 is 0. The molecule has 1 amide bonds. The number of hydrogen-bond acceptors (Lipinski definition) is 5. The van der Waals surface area contributed by atoms with Crippen molar-refractivity contribution in [2.24, 2.45) is 4.99 Å². The first kappa shape index (κ1) is 23.3. The Balaban J connectivity index is 1.43. The monoisotopic (exact) mass is 422 g/mol. The summed E-state index contributed by atoms with van der Waals surface area (Å²) in [5, 5.41) is 7.07. The molecule has 2 N–H and O–H groups in total. The number of guanidine groups is 1. The summed E-state index contributed by atoms with van der Waals surface area (Å²) in [5.41, 5.74) is 0. The van der Waals surface area contributed by atoms with E-state index in [0.717, 1.165) is 70.7 Å². The number of morpholine rings is 1. The molecule has 3 aliphatic rings. The minimum absolute atomic E-state index is 0.0282. The third-order valence-electron chi connectivity index (χ3n) is 6.63. The lowest BCUT2D eigenvalue weighted by Gasteiger charge is -2.36. The summed E-state index contributed by atoms with van der Waals surface area (Å²) in [6.45, 7) is 8.19. The average Bonchev–Trinajstić information content (AvgIpc) is 3.30. The van der Waals surface area contributed by atoms with Crippen molar-refractivity contribution in [2.45, 2.75) is 57.0 Å². The SMILES string of the molecule is CN(C)C(=O)CN=C(NCCCN1CCOCC1)NC1CCN(C2CCCC2)CC1. The zero-order valence-corrected chi connectivity index (χ0v) is 19.1. The fraction of sp³-hybridized carbons (Fsp3) is 0.909. The van der Waals surface area contributed by atoms with Gasteiger partial charge in [0, 0.05) is 58.9 Å². The van der Waals surface area contributed by atoms with E-state index in [-0.39, 0.29) is 12.5 Å². The van der Waals surface area contributed by atoms with Crippen LogP contribution in [0.1, 0.15) is 44.9 Å². The molecule has 8 nitrogen and oxygen atoms in total. The van der Waals surface area contributed by atoms with Crippen molar-refractivity contribution in [3.8, 4) is 0 Å². The molecule has 0 aromatic rings. The van der Waals surface area contributed by atoms with E-state index in [0.29, 0.717) is 6.04 Å². The number of likely N-dealkylation sites (N-methyl/N-ethyl adjacent to an activating group) is 1. The van der Waals surface area contributed by atoms with E-state index in [4.69, 9.17) is 4.74 Å². The van der Waals surface area contributed by atoms with Crippen molar-refractivity contribution in [1.82, 2.24) is 25.3 Å². The highest BCUT2D eigenvalue weighted by Gasteiger charge is 2.27. The Morgan fingerprint density at radius 3 is 2.43 bits per heavy atom. The molecule has 8 heteroatoms. The molecule has 1 aliphatic carbocycles. The van der Waals surface area contributed by atoms with Gasteiger partial charge in [-0.3, -0.25) is 9.69 Å². The molecule has 0 bridgehead atoms. The number of nitrogens with zero attached hydrogens (tertiary/aromatic N) is 4. The van der Waals surface area contributed by atoms with Crippen LogP contribution in [0.2, 0.25) is 0 Å². The highest BCUT2D eigenvalue weighted by atomic mass is 16.5. The zero-order valence-electron chi connectivity index (χ0n) is 19.1. The van der Waals surface area contributed by atoms with Crippen LogP contribution in [0, 0.1) is 0 Å². The lowest BCUT2D eigenvalue weighted by atomic mass is 10.0. The predicted molar refractivity (Wildman–Crippen MR) is 121 cm³/mol. The fourth-order valence-corrected chi connectivity index (χ4v) is 4.65. The summed E-state index contributed by atoms with van der Waals surface area (Å²) in [4.78, 5) is 23.3. The smallest absolute Gasteiger partial charge is 0.243 e. The molecule has 0 radical (unpaired) electrons. The van der Waals surface area contributed by atoms with Crippen LogP contribution in [0.3, 0.4) is 0 Å². The van der Waals surface area contributed by atoms with E-state index in [1.54, 1.807) is 19.0 Å². The van der Waals surface area contributed by atoms with E-state index in [2.05, 4.69) is 25.4 Å². The average molecular weight is 423 g/mol. The fourth-order valence-electron chi connectivity index (χ4n) is 4.65. The third kappa shape index (κ3) is 7.71. The summed E-state index contributed by atoms with van der Waals surface area (Å²) in [6, 6.07) is 1.25. The van der Waals surface area contributed by atoms with Crippen molar-refractivity contribution >= 4 is 11.9 Å². The van der Waals surface area contributed by atoms with Crippen LogP contribution in [0.25, 0.3) is 0 Å². The summed E-state index contributed by atoms with van der Waals surface area (Å²) in [7, 11) is 3.55. The van der Waals surface area contributed by atoms with Gasteiger partial charge in [0.25, 0.3) is 0 Å². The molecule has 30 heavy (non-hydrogen) atoms. The summed E-state index contributed by atoms with van der Waals surface area (Å²) in [5.74, 6) is 0.812. The van der Waals surface area contributed by atoms with Crippen LogP contribution < -0.4 is 10.6 Å². The lowest BCUT2D eigenvalue weighted by molar-refractivity contribution is -0.127. The highest BCUT2D eigenvalue weighted by molar-refractivity contribution is 5.84. The van der Waals surface area contributed by atoms with Gasteiger partial charge in [-0.05, 0) is 38.6 Å². The molecular weight excluding hydrogens is 380 g/mol. The third-order valence-corrected chi connectivity index (χ3v) is 6.63. The molecular formula is C22H42N6O2. The van der Waals surface area contributed by atoms with E-state index >= 15 is 0 Å². The first-order valence-electron chi connectivity index (χ1n) is 11.9. The van der Waals surface area contributed by atoms with Gasteiger partial charge in [0.1, 0.15) is 6.54 Å². The minimum Gasteiger partial charge on any atom is -0.379 e. The molecule has 2 heterocycles. The molecule has 1 saturated carbocycles. The second-order valence-corrected chi connectivity index (χ2v) is 9.08. The number of aliphatic imine (C=N–C) groups is 1. The molecule has 0 aromatic carbocycles. The van der Waals surface area contributed by atoms with E-state index in [9.17, 15) is 4.79 Å². The van der Waals surface area contributed by atoms with Crippen molar-refractivity contribution in [2.75, 3.05) is 73.1 Å². The van der Waals surface area contributed by atoms with Gasteiger partial charge in [0.15, 0.2) is 5.96 Å². The number of rotatable bonds is 8. The molecule has 0 spiro atoms. The Morgan fingerprint density at radius 1 is 1.07 bits per heavy atom. The van der Waals surface area contributed by atoms with Crippen molar-refractivity contribution in [3.05, 3.63) is 0 Å². The van der Waals surface area contributed by atoms with Gasteiger partial charge < -0.3 is 25.2 Å². The Hall–Kier alpha value is -1.38. The molecule has 3 rings (SSSR count). The van der Waals surface area contributed by atoms with Gasteiger partial charge >= 0.3 is 0 Å². The number of amides is 1. The predicted octanol–water partition coefficient (Wildman–Crippen LogP) is 0.739. The number of piperidine rings is 1. The van der Waals surface area contributed by atoms with Crippen LogP contribution >= 0.6 is 0 Å². The van der Waals surface area contributed by atoms with Crippen LogP contribution in [0.4, 0.5) is 0 Å². The van der Waals surface area contributed by atoms with E-state index in [1.807, 2.05) is 0 Å². The van der Waals surface area contributed by atoms with Gasteiger partial charge in [-0.2, -0.15) is 0 Å². The van der Waals surface area contributed by atoms with Crippen LogP contribution in [-0.4, -0.2) is 112 Å². The summed E-state index contributed by atoms with van der Waals surface area (Å²) in [6.07, 6.45) is 8.90. The second-order valence-electron chi connectivity index (χ2n) is 9.08. The van der Waals surface area contributed by atoms with Crippen LogP contribution in [0.15, 0.2) is 4.99 Å². The topological polar surface area (TPSA) is 72.4 Å². The number of nitrogens with one attached hydrogen (secondary N) is 2. The standard InChI is InChI=1S/C22H42N6O2/c1-26(2)21(29)18-24-22(23-10-5-11-27-14-16-30-17-15-27)25-19-8-12-28(13-9-19)20-6-3-4-7-20/h19-20H,3-18H2,1-2H3,(H2,23,24,25). The Morgan fingerprint density at radius 2 is 1.77 bits per heavy atom. The Kier molecular flexibility index (Phi) is 9.68. The number of carbonyl (C=O) groups is 1. The van der Waals surface area contributed by atoms with Gasteiger partial charge in [0.2, 0.25) is 5.91 Å². The maximum Gasteiger partial charge on any atom is 0.243 e. The Bertz CT molecular complexity index is 536. The molecule has 172 valence electrons. The maximum absolute atomic E-state index is 12.0. The molecule has 2 aliphatic heterocycles. The first-order valence-corrected chi connectivity index (χ1v) is 11.9. The second kappa shape index (κ2) is 12.5. The molecule has 0 unspecified atom stereocenters. The number of carbonyl (C=O) groups excluding carboxylic acids is 1. The first-order chi connectivity index (χ1) is 14.6. The normalized spacial score (nSPS) is 22.9. The van der Waals surface area contributed by atoms with Crippen LogP contribution in [0.5, 0.6) is 0 Å². The molecule has 0 atom stereocenters. The molecule has 0 aromatic heterocycles. The minimum atomic E-state index is 0.0282. The van der Waals surface area contributed by atoms with Gasteiger partial charge in [-0.25, -0.2) is 4.99 Å². The van der Waals surface area contributed by atoms with Crippen molar-refractivity contribution < 1.29 is 9.53 Å². The van der Waals surface area contributed by atoms with Gasteiger partial charge in [-0.15, -0.1) is 0 Å². The largest absolute Gasteiger partial charge is 0.379 e. The van der Waals surface area contributed by atoms with Crippen molar-refractivity contribution in [1.29, 1.82) is 0 Å². The lowest BCUT2D eigenvalue weighted by Crippen LogP contribution is -2.50. The van der Waals surface area contributed by atoms with Gasteiger partial charge in [-0.1, -0.05) is 12.8 Å². The van der Waals surface area contributed by atoms with Gasteiger partial charge in [0.05, 0.1) is 13.2 Å². The molecule has 3 fully saturated rings. The number of ether oxygens (including phenoxy) is 1. The Labute approximate surface area is 182 Å². The zero-order chi connectivity index (χ0) is 21.2. The van der Waals surface area contributed by atoms with Crippen molar-refractivity contribution in [3.63, 3.8) is 0 Å². The van der Waals surface area contributed by atoms with Crippen LogP contribution in [-0.2, 0) is 9.53 Å². The van der Waals surface area contributed by atoms with E-state index < -0.39 is 0 Å². The molecule has 2 saturated heterocycles. The highest BCUT2D eigenvalue weighted by Crippen LogP contribution is 2.26. The summed E-state index contributed by atoms with van der Waals surface area (Å²) < 4.78 is 5.42.